The maximum atomic E-state index is 9.07. The van der Waals surface area contributed by atoms with E-state index in [-0.39, 0.29) is 6.61 Å². The lowest BCUT2D eigenvalue weighted by atomic mass is 10.1. The van der Waals surface area contributed by atoms with E-state index in [9.17, 15) is 0 Å². The molecule has 0 fully saturated rings. The van der Waals surface area contributed by atoms with E-state index in [2.05, 4.69) is 30.1 Å². The highest BCUT2D eigenvalue weighted by molar-refractivity contribution is 5.83. The number of aromatic nitrogens is 1. The highest BCUT2D eigenvalue weighted by atomic mass is 16.3. The standard InChI is InChI=1S/C11H13NO/c1-2-8-3-4-11-10(5-8)9(7-13)6-12-11/h3-6,12-13H,2,7H2,1H3. The first-order valence-corrected chi connectivity index (χ1v) is 4.55. The van der Waals surface area contributed by atoms with Gasteiger partial charge in [-0.1, -0.05) is 13.0 Å². The summed E-state index contributed by atoms with van der Waals surface area (Å²) in [7, 11) is 0. The first kappa shape index (κ1) is 8.32. The third-order valence-electron chi connectivity index (χ3n) is 2.41. The van der Waals surface area contributed by atoms with E-state index in [1.54, 1.807) is 0 Å². The zero-order valence-electron chi connectivity index (χ0n) is 7.67. The maximum Gasteiger partial charge on any atom is 0.0702 e. The molecule has 0 aliphatic carbocycles. The number of H-pyrrole nitrogens is 1. The van der Waals surface area contributed by atoms with Crippen LogP contribution in [-0.4, -0.2) is 10.1 Å². The molecule has 0 spiro atoms. The number of aromatic amines is 1. The molecule has 2 rings (SSSR count). The molecule has 0 saturated heterocycles. The van der Waals surface area contributed by atoms with Crippen molar-refractivity contribution in [2.24, 2.45) is 0 Å². The number of aliphatic hydroxyl groups excluding tert-OH is 1. The van der Waals surface area contributed by atoms with Crippen LogP contribution in [0, 0.1) is 0 Å². The van der Waals surface area contributed by atoms with E-state index in [0.717, 1.165) is 22.9 Å². The Morgan fingerprint density at radius 2 is 2.23 bits per heavy atom. The molecule has 68 valence electrons. The van der Waals surface area contributed by atoms with E-state index in [0.29, 0.717) is 0 Å². The molecule has 1 aromatic carbocycles. The molecule has 0 atom stereocenters. The topological polar surface area (TPSA) is 36.0 Å². The third kappa shape index (κ3) is 1.33. The number of nitrogens with one attached hydrogen (secondary N) is 1. The Hall–Kier alpha value is -1.28. The Kier molecular flexibility index (Phi) is 2.07. The second-order valence-electron chi connectivity index (χ2n) is 3.21. The summed E-state index contributed by atoms with van der Waals surface area (Å²) in [5, 5.41) is 10.2. The van der Waals surface area contributed by atoms with Gasteiger partial charge in [-0.3, -0.25) is 0 Å². The van der Waals surface area contributed by atoms with E-state index < -0.39 is 0 Å². The van der Waals surface area contributed by atoms with Crippen LogP contribution in [0.1, 0.15) is 18.1 Å². The normalized spacial score (nSPS) is 10.9. The fourth-order valence-corrected chi connectivity index (χ4v) is 1.58. The van der Waals surface area contributed by atoms with Crippen molar-refractivity contribution in [3.05, 3.63) is 35.5 Å². The van der Waals surface area contributed by atoms with Gasteiger partial charge in [-0.05, 0) is 24.1 Å². The second kappa shape index (κ2) is 3.23. The molecule has 2 N–H and O–H groups in total. The van der Waals surface area contributed by atoms with Crippen LogP contribution in [0.3, 0.4) is 0 Å². The summed E-state index contributed by atoms with van der Waals surface area (Å²) < 4.78 is 0. The van der Waals surface area contributed by atoms with Gasteiger partial charge < -0.3 is 10.1 Å². The van der Waals surface area contributed by atoms with Crippen molar-refractivity contribution in [1.29, 1.82) is 0 Å². The minimum absolute atomic E-state index is 0.104. The van der Waals surface area contributed by atoms with Crippen LogP contribution in [0.5, 0.6) is 0 Å². The zero-order chi connectivity index (χ0) is 9.26. The first-order valence-electron chi connectivity index (χ1n) is 4.55. The van der Waals surface area contributed by atoms with Gasteiger partial charge in [0.15, 0.2) is 0 Å². The zero-order valence-corrected chi connectivity index (χ0v) is 7.67. The van der Waals surface area contributed by atoms with Crippen molar-refractivity contribution >= 4 is 10.9 Å². The van der Waals surface area contributed by atoms with Gasteiger partial charge in [-0.2, -0.15) is 0 Å². The van der Waals surface area contributed by atoms with Crippen LogP contribution in [0.2, 0.25) is 0 Å². The summed E-state index contributed by atoms with van der Waals surface area (Å²) in [5.74, 6) is 0. The molecule has 1 heterocycles. The van der Waals surface area contributed by atoms with E-state index in [1.165, 1.54) is 5.56 Å². The van der Waals surface area contributed by atoms with Crippen molar-refractivity contribution in [2.75, 3.05) is 0 Å². The molecule has 2 heteroatoms. The lowest BCUT2D eigenvalue weighted by Gasteiger charge is -1.97. The Morgan fingerprint density at radius 3 is 2.92 bits per heavy atom. The van der Waals surface area contributed by atoms with Gasteiger partial charge in [0.1, 0.15) is 0 Å². The molecule has 0 aliphatic heterocycles. The average Bonchev–Trinajstić information content (AvgIpc) is 2.59. The number of aliphatic hydroxyl groups is 1. The van der Waals surface area contributed by atoms with Crippen molar-refractivity contribution in [3.8, 4) is 0 Å². The smallest absolute Gasteiger partial charge is 0.0702 e. The van der Waals surface area contributed by atoms with Crippen LogP contribution < -0.4 is 0 Å². The van der Waals surface area contributed by atoms with E-state index in [1.807, 2.05) is 6.20 Å². The minimum Gasteiger partial charge on any atom is -0.392 e. The highest BCUT2D eigenvalue weighted by Crippen LogP contribution is 2.19. The van der Waals surface area contributed by atoms with E-state index in [4.69, 9.17) is 5.11 Å². The summed E-state index contributed by atoms with van der Waals surface area (Å²) in [4.78, 5) is 3.13. The summed E-state index contributed by atoms with van der Waals surface area (Å²) >= 11 is 0. The van der Waals surface area contributed by atoms with Gasteiger partial charge in [-0.15, -0.1) is 0 Å². The molecule has 0 saturated carbocycles. The Balaban J connectivity index is 2.64. The molecule has 0 bridgehead atoms. The molecule has 0 unspecified atom stereocenters. The first-order chi connectivity index (χ1) is 6.35. The Bertz CT molecular complexity index is 417. The quantitative estimate of drug-likeness (QED) is 0.721. The van der Waals surface area contributed by atoms with Crippen LogP contribution >= 0.6 is 0 Å². The third-order valence-corrected chi connectivity index (χ3v) is 2.41. The fraction of sp³-hybridized carbons (Fsp3) is 0.273. The molecule has 1 aromatic heterocycles. The molecule has 2 aromatic rings. The van der Waals surface area contributed by atoms with Gasteiger partial charge in [0, 0.05) is 22.7 Å². The Morgan fingerprint density at radius 1 is 1.38 bits per heavy atom. The highest BCUT2D eigenvalue weighted by Gasteiger charge is 2.02. The minimum atomic E-state index is 0.104. The second-order valence-corrected chi connectivity index (χ2v) is 3.21. The number of fused-ring (bicyclic) bond motifs is 1. The number of aryl methyl sites for hydroxylation is 1. The van der Waals surface area contributed by atoms with Crippen molar-refractivity contribution in [1.82, 2.24) is 4.98 Å². The number of rotatable bonds is 2. The van der Waals surface area contributed by atoms with Gasteiger partial charge in [0.25, 0.3) is 0 Å². The number of benzene rings is 1. The maximum absolute atomic E-state index is 9.07. The summed E-state index contributed by atoms with van der Waals surface area (Å²) in [6.07, 6.45) is 2.90. The summed E-state index contributed by atoms with van der Waals surface area (Å²) in [5.41, 5.74) is 3.38. The molecular formula is C11H13NO. The predicted molar refractivity (Wildman–Crippen MR) is 53.6 cm³/mol. The molecule has 0 amide bonds. The number of hydrogen-bond donors (Lipinski definition) is 2. The molecule has 13 heavy (non-hydrogen) atoms. The molecule has 2 nitrogen and oxygen atoms in total. The summed E-state index contributed by atoms with van der Waals surface area (Å²) in [6, 6.07) is 6.31. The average molecular weight is 175 g/mol. The fourth-order valence-electron chi connectivity index (χ4n) is 1.58. The monoisotopic (exact) mass is 175 g/mol. The lowest BCUT2D eigenvalue weighted by Crippen LogP contribution is -1.82. The van der Waals surface area contributed by atoms with Gasteiger partial charge in [0.2, 0.25) is 0 Å². The van der Waals surface area contributed by atoms with Gasteiger partial charge in [0.05, 0.1) is 6.61 Å². The van der Waals surface area contributed by atoms with Crippen molar-refractivity contribution < 1.29 is 5.11 Å². The van der Waals surface area contributed by atoms with E-state index >= 15 is 0 Å². The van der Waals surface area contributed by atoms with Crippen LogP contribution in [0.4, 0.5) is 0 Å². The molecular weight excluding hydrogens is 162 g/mol. The molecule has 0 aliphatic rings. The lowest BCUT2D eigenvalue weighted by molar-refractivity contribution is 0.283. The number of hydrogen-bond acceptors (Lipinski definition) is 1. The van der Waals surface area contributed by atoms with Crippen LogP contribution in [0.25, 0.3) is 10.9 Å². The van der Waals surface area contributed by atoms with Crippen molar-refractivity contribution in [3.63, 3.8) is 0 Å². The van der Waals surface area contributed by atoms with Crippen molar-refractivity contribution in [2.45, 2.75) is 20.0 Å². The van der Waals surface area contributed by atoms with Gasteiger partial charge >= 0.3 is 0 Å². The van der Waals surface area contributed by atoms with Crippen LogP contribution in [-0.2, 0) is 13.0 Å². The summed E-state index contributed by atoms with van der Waals surface area (Å²) in [6.45, 7) is 2.24. The SMILES string of the molecule is CCc1ccc2[nH]cc(CO)c2c1. The molecule has 0 radical (unpaired) electrons. The Labute approximate surface area is 77.2 Å². The van der Waals surface area contributed by atoms with Crippen LogP contribution in [0.15, 0.2) is 24.4 Å². The predicted octanol–water partition coefficient (Wildman–Crippen LogP) is 2.22. The largest absolute Gasteiger partial charge is 0.392 e. The van der Waals surface area contributed by atoms with Gasteiger partial charge in [-0.25, -0.2) is 0 Å².